The van der Waals surface area contributed by atoms with Crippen molar-refractivity contribution in [2.24, 2.45) is 0 Å². The number of aryl methyl sites for hydroxylation is 1. The molecule has 25 heavy (non-hydrogen) atoms. The number of imidazole rings is 1. The number of hydrogen-bond donors (Lipinski definition) is 0. The second kappa shape index (κ2) is 6.47. The molecule has 4 rings (SSSR count). The van der Waals surface area contributed by atoms with Crippen molar-refractivity contribution in [3.63, 3.8) is 0 Å². The highest BCUT2D eigenvalue weighted by Crippen LogP contribution is 2.28. The molecule has 0 spiro atoms. The van der Waals surface area contributed by atoms with E-state index in [0.29, 0.717) is 18.7 Å². The van der Waals surface area contributed by atoms with E-state index in [2.05, 4.69) is 32.5 Å². The monoisotopic (exact) mass is 333 g/mol. The maximum atomic E-state index is 12.4. The van der Waals surface area contributed by atoms with E-state index in [1.807, 2.05) is 23.4 Å². The third-order valence-electron chi connectivity index (χ3n) is 4.61. The summed E-state index contributed by atoms with van der Waals surface area (Å²) < 4.78 is 2.22. The highest BCUT2D eigenvalue weighted by Gasteiger charge is 2.35. The maximum Gasteiger partial charge on any atom is 0.254 e. The summed E-state index contributed by atoms with van der Waals surface area (Å²) in [6.07, 6.45) is 8.85. The number of hydrogen-bond acceptors (Lipinski definition) is 4. The maximum absolute atomic E-state index is 12.4. The van der Waals surface area contributed by atoms with E-state index in [-0.39, 0.29) is 11.8 Å². The Labute approximate surface area is 146 Å². The van der Waals surface area contributed by atoms with Gasteiger partial charge in [-0.3, -0.25) is 14.8 Å². The highest BCUT2D eigenvalue weighted by molar-refractivity contribution is 5.94. The van der Waals surface area contributed by atoms with Crippen LogP contribution in [0, 0.1) is 6.92 Å². The molecule has 1 aliphatic heterocycles. The van der Waals surface area contributed by atoms with Crippen molar-refractivity contribution in [2.45, 2.75) is 19.4 Å². The lowest BCUT2D eigenvalue weighted by atomic mass is 9.98. The molecule has 0 aliphatic carbocycles. The molecule has 3 aromatic heterocycles. The van der Waals surface area contributed by atoms with E-state index in [1.54, 1.807) is 30.7 Å². The van der Waals surface area contributed by atoms with Gasteiger partial charge in [0.25, 0.3) is 5.91 Å². The summed E-state index contributed by atoms with van der Waals surface area (Å²) in [4.78, 5) is 27.0. The summed E-state index contributed by atoms with van der Waals surface area (Å²) in [6.45, 7) is 4.21. The third-order valence-corrected chi connectivity index (χ3v) is 4.61. The molecule has 0 saturated carbocycles. The molecule has 1 fully saturated rings. The van der Waals surface area contributed by atoms with Crippen LogP contribution in [0.4, 0.5) is 0 Å². The van der Waals surface area contributed by atoms with Gasteiger partial charge in [0.05, 0.1) is 12.5 Å². The van der Waals surface area contributed by atoms with Crippen LogP contribution in [0.5, 0.6) is 0 Å². The minimum Gasteiger partial charge on any atom is -0.337 e. The van der Waals surface area contributed by atoms with Crippen LogP contribution in [-0.2, 0) is 6.54 Å². The molecule has 1 amide bonds. The van der Waals surface area contributed by atoms with Crippen molar-refractivity contribution >= 4 is 5.91 Å². The van der Waals surface area contributed by atoms with Gasteiger partial charge in [0.15, 0.2) is 0 Å². The topological polar surface area (TPSA) is 63.9 Å². The van der Waals surface area contributed by atoms with E-state index in [0.717, 1.165) is 23.6 Å². The first-order valence-electron chi connectivity index (χ1n) is 8.32. The lowest BCUT2D eigenvalue weighted by Crippen LogP contribution is -2.49. The van der Waals surface area contributed by atoms with Crippen LogP contribution in [0.15, 0.2) is 55.2 Å². The summed E-state index contributed by atoms with van der Waals surface area (Å²) >= 11 is 0. The van der Waals surface area contributed by atoms with Gasteiger partial charge >= 0.3 is 0 Å². The Morgan fingerprint density at radius 1 is 1.12 bits per heavy atom. The average Bonchev–Trinajstić information content (AvgIpc) is 2.96. The van der Waals surface area contributed by atoms with Crippen molar-refractivity contribution in [2.75, 3.05) is 13.1 Å². The molecule has 4 heterocycles. The van der Waals surface area contributed by atoms with Crippen molar-refractivity contribution < 1.29 is 4.79 Å². The van der Waals surface area contributed by atoms with Gasteiger partial charge in [0.1, 0.15) is 5.82 Å². The molecule has 6 heteroatoms. The number of likely N-dealkylation sites (tertiary alicyclic amines) is 1. The molecule has 0 bridgehead atoms. The van der Waals surface area contributed by atoms with Crippen LogP contribution in [-0.4, -0.2) is 43.4 Å². The number of carbonyl (C=O) groups excluding carboxylic acids is 1. The summed E-state index contributed by atoms with van der Waals surface area (Å²) in [7, 11) is 0. The number of nitrogens with zero attached hydrogens (tertiary/aromatic N) is 5. The fourth-order valence-electron chi connectivity index (χ4n) is 3.17. The zero-order valence-electron chi connectivity index (χ0n) is 14.0. The largest absolute Gasteiger partial charge is 0.337 e. The second-order valence-corrected chi connectivity index (χ2v) is 6.35. The van der Waals surface area contributed by atoms with Crippen LogP contribution < -0.4 is 0 Å². The first-order chi connectivity index (χ1) is 12.2. The normalized spacial score (nSPS) is 14.4. The molecule has 1 saturated heterocycles. The number of amides is 1. The van der Waals surface area contributed by atoms with Gasteiger partial charge in [-0.1, -0.05) is 6.07 Å². The Morgan fingerprint density at radius 2 is 1.92 bits per heavy atom. The van der Waals surface area contributed by atoms with Gasteiger partial charge in [0, 0.05) is 55.3 Å². The summed E-state index contributed by atoms with van der Waals surface area (Å²) in [5.41, 5.74) is 2.95. The molecule has 0 aromatic carbocycles. The fraction of sp³-hybridized carbons (Fsp3) is 0.263. The SMILES string of the molecule is Cc1cnc(C2CN(C(=O)c3ccncc3)C2)n1Cc1cccnc1. The molecular weight excluding hydrogens is 314 g/mol. The lowest BCUT2D eigenvalue weighted by Gasteiger charge is -2.39. The van der Waals surface area contributed by atoms with E-state index >= 15 is 0 Å². The van der Waals surface area contributed by atoms with Crippen LogP contribution in [0.25, 0.3) is 0 Å². The number of carbonyl (C=O) groups is 1. The predicted molar refractivity (Wildman–Crippen MR) is 93.2 cm³/mol. The Hall–Kier alpha value is -3.02. The Bertz CT molecular complexity index is 869. The van der Waals surface area contributed by atoms with E-state index in [1.165, 1.54) is 0 Å². The molecule has 0 atom stereocenters. The van der Waals surface area contributed by atoms with Crippen molar-refractivity contribution in [1.29, 1.82) is 0 Å². The average molecular weight is 333 g/mol. The first-order valence-corrected chi connectivity index (χ1v) is 8.32. The van der Waals surface area contributed by atoms with Gasteiger partial charge in [-0.2, -0.15) is 0 Å². The number of pyridine rings is 2. The van der Waals surface area contributed by atoms with Crippen molar-refractivity contribution in [3.8, 4) is 0 Å². The minimum absolute atomic E-state index is 0.0562. The first kappa shape index (κ1) is 15.5. The van der Waals surface area contributed by atoms with Crippen molar-refractivity contribution in [1.82, 2.24) is 24.4 Å². The van der Waals surface area contributed by atoms with Gasteiger partial charge in [-0.05, 0) is 30.7 Å². The quantitative estimate of drug-likeness (QED) is 0.735. The molecular formula is C19H19N5O. The molecule has 0 N–H and O–H groups in total. The Morgan fingerprint density at radius 3 is 2.64 bits per heavy atom. The highest BCUT2D eigenvalue weighted by atomic mass is 16.2. The number of aromatic nitrogens is 4. The number of rotatable bonds is 4. The van der Waals surface area contributed by atoms with Crippen LogP contribution in [0.1, 0.15) is 33.4 Å². The molecule has 0 unspecified atom stereocenters. The minimum atomic E-state index is 0.0562. The van der Waals surface area contributed by atoms with Crippen molar-refractivity contribution in [3.05, 3.63) is 77.9 Å². The molecule has 126 valence electrons. The molecule has 6 nitrogen and oxygen atoms in total. The molecule has 1 aliphatic rings. The Balaban J connectivity index is 1.47. The van der Waals surface area contributed by atoms with Crippen LogP contribution in [0.3, 0.4) is 0 Å². The summed E-state index contributed by atoms with van der Waals surface area (Å²) in [5, 5.41) is 0. The summed E-state index contributed by atoms with van der Waals surface area (Å²) in [5.74, 6) is 1.37. The smallest absolute Gasteiger partial charge is 0.254 e. The van der Waals surface area contributed by atoms with E-state index in [9.17, 15) is 4.79 Å². The van der Waals surface area contributed by atoms with Crippen LogP contribution in [0.2, 0.25) is 0 Å². The molecule has 0 radical (unpaired) electrons. The summed E-state index contributed by atoms with van der Waals surface area (Å²) in [6, 6.07) is 7.52. The van der Waals surface area contributed by atoms with Gasteiger partial charge in [0.2, 0.25) is 0 Å². The predicted octanol–water partition coefficient (Wildman–Crippen LogP) is 2.27. The van der Waals surface area contributed by atoms with E-state index in [4.69, 9.17) is 0 Å². The van der Waals surface area contributed by atoms with Crippen LogP contribution >= 0.6 is 0 Å². The molecule has 3 aromatic rings. The standard InChI is InChI=1S/C19H19N5O/c1-14-9-22-18(24(14)11-15-3-2-6-21-10-15)17-12-23(13-17)19(25)16-4-7-20-8-5-16/h2-10,17H,11-13H2,1H3. The third kappa shape index (κ3) is 3.03. The fourth-order valence-corrected chi connectivity index (χ4v) is 3.17. The van der Waals surface area contributed by atoms with Gasteiger partial charge < -0.3 is 9.47 Å². The van der Waals surface area contributed by atoms with Gasteiger partial charge in [-0.25, -0.2) is 4.98 Å². The second-order valence-electron chi connectivity index (χ2n) is 6.35. The zero-order chi connectivity index (χ0) is 17.2. The van der Waals surface area contributed by atoms with E-state index < -0.39 is 0 Å². The lowest BCUT2D eigenvalue weighted by molar-refractivity contribution is 0.0591. The van der Waals surface area contributed by atoms with Gasteiger partial charge in [-0.15, -0.1) is 0 Å². The zero-order valence-corrected chi connectivity index (χ0v) is 14.0. The Kier molecular flexibility index (Phi) is 4.01.